The summed E-state index contributed by atoms with van der Waals surface area (Å²) in [6.45, 7) is 0. The number of hydrogen-bond acceptors (Lipinski definition) is 5. The molecule has 0 amide bonds. The Balaban J connectivity index is 2.21. The van der Waals surface area contributed by atoms with Crippen molar-refractivity contribution in [2.24, 2.45) is 5.10 Å². The van der Waals surface area contributed by atoms with Gasteiger partial charge in [-0.25, -0.2) is 0 Å². The minimum atomic E-state index is -0.250. The van der Waals surface area contributed by atoms with Gasteiger partial charge in [0, 0.05) is 0 Å². The van der Waals surface area contributed by atoms with E-state index in [-0.39, 0.29) is 5.71 Å². The Hall–Kier alpha value is -3.31. The lowest BCUT2D eigenvalue weighted by Crippen LogP contribution is -1.98. The Bertz CT molecular complexity index is 680. The van der Waals surface area contributed by atoms with E-state index in [1.165, 1.54) is 0 Å². The summed E-state index contributed by atoms with van der Waals surface area (Å²) in [6.07, 6.45) is 0. The van der Waals surface area contributed by atoms with E-state index >= 15 is 0 Å². The van der Waals surface area contributed by atoms with Crippen LogP contribution >= 0.6 is 0 Å². The van der Waals surface area contributed by atoms with Crippen LogP contribution in [-0.4, -0.2) is 5.71 Å². The van der Waals surface area contributed by atoms with Gasteiger partial charge < -0.3 is 4.74 Å². The fraction of sp³-hybridized carbons (Fsp3) is 0. The van der Waals surface area contributed by atoms with Crippen LogP contribution in [0.3, 0.4) is 0 Å². The maximum atomic E-state index is 8.63. The Labute approximate surface area is 116 Å². The quantitative estimate of drug-likeness (QED) is 0.677. The first-order valence-electron chi connectivity index (χ1n) is 5.79. The number of para-hydroxylation sites is 3. The lowest BCUT2D eigenvalue weighted by atomic mass is 10.3. The van der Waals surface area contributed by atoms with E-state index in [4.69, 9.17) is 15.3 Å². The molecule has 0 radical (unpaired) electrons. The molecule has 5 heteroatoms. The number of anilines is 1. The molecule has 0 spiro atoms. The lowest BCUT2D eigenvalue weighted by Gasteiger charge is -2.10. The molecule has 0 heterocycles. The number of nitriles is 2. The van der Waals surface area contributed by atoms with Crippen LogP contribution in [0.1, 0.15) is 0 Å². The lowest BCUT2D eigenvalue weighted by molar-refractivity contribution is 0.484. The average Bonchev–Trinajstić information content (AvgIpc) is 2.51. The molecule has 0 aromatic heterocycles. The zero-order valence-electron chi connectivity index (χ0n) is 10.4. The van der Waals surface area contributed by atoms with Gasteiger partial charge in [-0.1, -0.05) is 30.3 Å². The second kappa shape index (κ2) is 6.58. The van der Waals surface area contributed by atoms with Gasteiger partial charge in [0.25, 0.3) is 0 Å². The molecule has 0 aliphatic heterocycles. The fourth-order valence-corrected chi connectivity index (χ4v) is 1.45. The van der Waals surface area contributed by atoms with Gasteiger partial charge in [-0.2, -0.15) is 15.6 Å². The summed E-state index contributed by atoms with van der Waals surface area (Å²) in [7, 11) is 0. The van der Waals surface area contributed by atoms with Crippen LogP contribution in [0, 0.1) is 22.7 Å². The summed E-state index contributed by atoms with van der Waals surface area (Å²) < 4.78 is 5.71. The first kappa shape index (κ1) is 13.1. The zero-order chi connectivity index (χ0) is 14.2. The predicted molar refractivity (Wildman–Crippen MR) is 75.2 cm³/mol. The van der Waals surface area contributed by atoms with E-state index < -0.39 is 0 Å². The van der Waals surface area contributed by atoms with Gasteiger partial charge in [0.1, 0.15) is 17.9 Å². The van der Waals surface area contributed by atoms with Gasteiger partial charge in [-0.05, 0) is 24.3 Å². The van der Waals surface area contributed by atoms with Crippen molar-refractivity contribution < 1.29 is 4.74 Å². The van der Waals surface area contributed by atoms with E-state index in [2.05, 4.69) is 10.5 Å². The third kappa shape index (κ3) is 3.34. The Morgan fingerprint density at radius 2 is 1.60 bits per heavy atom. The third-order valence-electron chi connectivity index (χ3n) is 2.36. The number of benzene rings is 2. The fourth-order valence-electron chi connectivity index (χ4n) is 1.45. The van der Waals surface area contributed by atoms with E-state index in [0.717, 1.165) is 0 Å². The smallest absolute Gasteiger partial charge is 0.237 e. The van der Waals surface area contributed by atoms with Crippen molar-refractivity contribution in [2.45, 2.75) is 0 Å². The monoisotopic (exact) mass is 262 g/mol. The maximum Gasteiger partial charge on any atom is 0.237 e. The number of ether oxygens (including phenoxy) is 1. The van der Waals surface area contributed by atoms with Crippen LogP contribution in [0.4, 0.5) is 5.69 Å². The number of hydrogen-bond donors (Lipinski definition) is 1. The van der Waals surface area contributed by atoms with Gasteiger partial charge in [-0.15, -0.1) is 0 Å². The minimum Gasteiger partial charge on any atom is -0.455 e. The van der Waals surface area contributed by atoms with Crippen molar-refractivity contribution in [3.8, 4) is 23.6 Å². The molecule has 0 aliphatic carbocycles. The van der Waals surface area contributed by atoms with Crippen LogP contribution < -0.4 is 10.2 Å². The molecule has 0 bridgehead atoms. The first-order valence-corrected chi connectivity index (χ1v) is 5.79. The van der Waals surface area contributed by atoms with E-state index in [1.807, 2.05) is 36.4 Å². The van der Waals surface area contributed by atoms with Gasteiger partial charge >= 0.3 is 0 Å². The largest absolute Gasteiger partial charge is 0.455 e. The second-order valence-electron chi connectivity index (χ2n) is 3.71. The molecule has 96 valence electrons. The normalized spacial score (nSPS) is 8.90. The molecular weight excluding hydrogens is 252 g/mol. The van der Waals surface area contributed by atoms with Crippen molar-refractivity contribution in [3.05, 3.63) is 54.6 Å². The average molecular weight is 262 g/mol. The van der Waals surface area contributed by atoms with Crippen LogP contribution in [0.15, 0.2) is 59.7 Å². The molecule has 0 atom stereocenters. The minimum absolute atomic E-state index is 0.250. The third-order valence-corrected chi connectivity index (χ3v) is 2.36. The number of nitrogens with zero attached hydrogens (tertiary/aromatic N) is 3. The van der Waals surface area contributed by atoms with Gasteiger partial charge in [-0.3, -0.25) is 5.43 Å². The van der Waals surface area contributed by atoms with Crippen molar-refractivity contribution in [2.75, 3.05) is 5.43 Å². The van der Waals surface area contributed by atoms with E-state index in [9.17, 15) is 0 Å². The summed E-state index contributed by atoms with van der Waals surface area (Å²) in [5.41, 5.74) is 2.97. The van der Waals surface area contributed by atoms with E-state index in [1.54, 1.807) is 30.3 Å². The maximum absolute atomic E-state index is 8.63. The van der Waals surface area contributed by atoms with Crippen molar-refractivity contribution in [3.63, 3.8) is 0 Å². The SMILES string of the molecule is N#CC(C#N)=NNc1ccccc1Oc1ccccc1. The molecule has 0 saturated carbocycles. The van der Waals surface area contributed by atoms with Crippen LogP contribution in [0.5, 0.6) is 11.5 Å². The molecule has 2 rings (SSSR count). The highest BCUT2D eigenvalue weighted by Crippen LogP contribution is 2.28. The summed E-state index contributed by atoms with van der Waals surface area (Å²) in [6, 6.07) is 19.8. The number of rotatable bonds is 4. The van der Waals surface area contributed by atoms with Crippen molar-refractivity contribution in [1.29, 1.82) is 10.5 Å². The van der Waals surface area contributed by atoms with Crippen LogP contribution in [0.25, 0.3) is 0 Å². The van der Waals surface area contributed by atoms with Gasteiger partial charge in [0.15, 0.2) is 5.75 Å². The molecule has 0 saturated heterocycles. The highest BCUT2D eigenvalue weighted by atomic mass is 16.5. The number of hydrazone groups is 1. The molecule has 2 aromatic rings. The Morgan fingerprint density at radius 3 is 2.30 bits per heavy atom. The zero-order valence-corrected chi connectivity index (χ0v) is 10.4. The van der Waals surface area contributed by atoms with Gasteiger partial charge in [0.2, 0.25) is 5.71 Å². The summed E-state index contributed by atoms with van der Waals surface area (Å²) in [5, 5.41) is 21.0. The highest BCUT2D eigenvalue weighted by Gasteiger charge is 2.04. The molecule has 2 aromatic carbocycles. The Kier molecular flexibility index (Phi) is 4.32. The molecule has 1 N–H and O–H groups in total. The molecular formula is C15H10N4O. The molecule has 5 nitrogen and oxygen atoms in total. The molecule has 20 heavy (non-hydrogen) atoms. The van der Waals surface area contributed by atoms with Crippen LogP contribution in [0.2, 0.25) is 0 Å². The van der Waals surface area contributed by atoms with Crippen LogP contribution in [-0.2, 0) is 0 Å². The number of nitrogens with one attached hydrogen (secondary N) is 1. The highest BCUT2D eigenvalue weighted by molar-refractivity contribution is 6.10. The summed E-state index contributed by atoms with van der Waals surface area (Å²) in [5.74, 6) is 1.24. The molecule has 0 fully saturated rings. The second-order valence-corrected chi connectivity index (χ2v) is 3.71. The first-order chi connectivity index (χ1) is 9.83. The van der Waals surface area contributed by atoms with Gasteiger partial charge in [0.05, 0.1) is 5.69 Å². The summed E-state index contributed by atoms with van der Waals surface area (Å²) in [4.78, 5) is 0. The Morgan fingerprint density at radius 1 is 0.950 bits per heavy atom. The topological polar surface area (TPSA) is 81.2 Å². The van der Waals surface area contributed by atoms with Crippen molar-refractivity contribution in [1.82, 2.24) is 0 Å². The van der Waals surface area contributed by atoms with Crippen molar-refractivity contribution >= 4 is 11.4 Å². The van der Waals surface area contributed by atoms with E-state index in [0.29, 0.717) is 17.2 Å². The predicted octanol–water partition coefficient (Wildman–Crippen LogP) is 3.29. The molecule has 0 unspecified atom stereocenters. The molecule has 0 aliphatic rings. The standard InChI is InChI=1S/C15H10N4O/c16-10-12(11-17)18-19-14-8-4-5-9-15(14)20-13-6-2-1-3-7-13/h1-9,19H. The summed E-state index contributed by atoms with van der Waals surface area (Å²) >= 11 is 0.